The van der Waals surface area contributed by atoms with Gasteiger partial charge in [0.15, 0.2) is 0 Å². The average Bonchev–Trinajstić information content (AvgIpc) is 3.17. The highest BCUT2D eigenvalue weighted by atomic mass is 16.5. The largest absolute Gasteiger partial charge is 0.497 e. The van der Waals surface area contributed by atoms with Crippen LogP contribution < -0.4 is 20.3 Å². The van der Waals surface area contributed by atoms with Gasteiger partial charge in [-0.15, -0.1) is 0 Å². The Kier molecular flexibility index (Phi) is 7.13. The number of nitrogens with one attached hydrogen (secondary N) is 1. The third kappa shape index (κ3) is 5.44. The lowest BCUT2D eigenvalue weighted by atomic mass is 9.97. The van der Waals surface area contributed by atoms with Crippen molar-refractivity contribution in [1.82, 2.24) is 19.3 Å². The van der Waals surface area contributed by atoms with Crippen LogP contribution in [0.4, 0.5) is 5.82 Å². The van der Waals surface area contributed by atoms with E-state index in [1.165, 1.54) is 6.20 Å². The monoisotopic (exact) mass is 537 g/mol. The zero-order valence-corrected chi connectivity index (χ0v) is 23.1. The number of anilines is 1. The number of amides is 1. The zero-order chi connectivity index (χ0) is 28.4. The molecule has 3 heterocycles. The van der Waals surface area contributed by atoms with E-state index in [4.69, 9.17) is 9.47 Å². The molecule has 0 spiro atoms. The highest BCUT2D eigenvalue weighted by molar-refractivity contribution is 6.04. The SMILES string of the molecule is COc1ccc2c(Oc3ccc(NC(=O)c4c(C)n(CC(C)(C)C)n(-c5ccccc5)c4=O)nc3)ccnc2c1. The number of hydrogen-bond acceptors (Lipinski definition) is 6. The van der Waals surface area contributed by atoms with Crippen LogP contribution in [0.25, 0.3) is 16.6 Å². The van der Waals surface area contributed by atoms with Crippen molar-refractivity contribution in [2.24, 2.45) is 5.41 Å². The van der Waals surface area contributed by atoms with Gasteiger partial charge in [0.2, 0.25) is 0 Å². The first kappa shape index (κ1) is 26.7. The quantitative estimate of drug-likeness (QED) is 0.274. The third-order valence-electron chi connectivity index (χ3n) is 6.36. The van der Waals surface area contributed by atoms with Crippen molar-refractivity contribution in [1.29, 1.82) is 0 Å². The average molecular weight is 538 g/mol. The van der Waals surface area contributed by atoms with Gasteiger partial charge in [-0.25, -0.2) is 9.67 Å². The smallest absolute Gasteiger partial charge is 0.284 e. The van der Waals surface area contributed by atoms with Gasteiger partial charge >= 0.3 is 0 Å². The molecule has 0 saturated carbocycles. The first-order valence-electron chi connectivity index (χ1n) is 12.9. The third-order valence-corrected chi connectivity index (χ3v) is 6.36. The van der Waals surface area contributed by atoms with Crippen LogP contribution in [-0.2, 0) is 6.54 Å². The molecule has 2 aromatic carbocycles. The summed E-state index contributed by atoms with van der Waals surface area (Å²) < 4.78 is 14.8. The van der Waals surface area contributed by atoms with E-state index in [1.807, 2.05) is 53.2 Å². The van der Waals surface area contributed by atoms with Gasteiger partial charge in [0.25, 0.3) is 11.5 Å². The maximum atomic E-state index is 13.6. The lowest BCUT2D eigenvalue weighted by Gasteiger charge is -2.23. The summed E-state index contributed by atoms with van der Waals surface area (Å²) in [6, 6.07) is 20.0. The van der Waals surface area contributed by atoms with Gasteiger partial charge in [-0.05, 0) is 54.8 Å². The second-order valence-corrected chi connectivity index (χ2v) is 10.7. The minimum absolute atomic E-state index is 0.0777. The lowest BCUT2D eigenvalue weighted by Crippen LogP contribution is -2.28. The first-order chi connectivity index (χ1) is 19.1. The van der Waals surface area contributed by atoms with E-state index in [2.05, 4.69) is 36.1 Å². The van der Waals surface area contributed by atoms with E-state index in [1.54, 1.807) is 43.1 Å². The number of benzene rings is 2. The predicted molar refractivity (Wildman–Crippen MR) is 155 cm³/mol. The van der Waals surface area contributed by atoms with Crippen LogP contribution in [0.3, 0.4) is 0 Å². The van der Waals surface area contributed by atoms with Crippen molar-refractivity contribution >= 4 is 22.6 Å². The van der Waals surface area contributed by atoms with Gasteiger partial charge in [0.05, 0.1) is 30.2 Å². The summed E-state index contributed by atoms with van der Waals surface area (Å²) in [5.41, 5.74) is 1.59. The van der Waals surface area contributed by atoms with Crippen molar-refractivity contribution < 1.29 is 14.3 Å². The first-order valence-corrected chi connectivity index (χ1v) is 12.9. The molecule has 0 bridgehead atoms. The van der Waals surface area contributed by atoms with E-state index >= 15 is 0 Å². The standard InChI is InChI=1S/C31H31N5O4/c1-20-28(30(38)36(21-9-7-6-8-10-21)35(20)19-31(2,3)4)29(37)34-27-14-12-23(18-33-27)40-26-15-16-32-25-17-22(39-5)11-13-24(25)26/h6-18H,19H2,1-5H3,(H,33,34,37). The fourth-order valence-corrected chi connectivity index (χ4v) is 4.51. The molecule has 0 saturated heterocycles. The summed E-state index contributed by atoms with van der Waals surface area (Å²) in [6.07, 6.45) is 3.18. The van der Waals surface area contributed by atoms with E-state index in [0.29, 0.717) is 41.0 Å². The summed E-state index contributed by atoms with van der Waals surface area (Å²) in [4.78, 5) is 35.7. The van der Waals surface area contributed by atoms with Gasteiger partial charge in [-0.2, -0.15) is 0 Å². The van der Waals surface area contributed by atoms with E-state index in [-0.39, 0.29) is 16.5 Å². The van der Waals surface area contributed by atoms with Crippen LogP contribution >= 0.6 is 0 Å². The van der Waals surface area contributed by atoms with Gasteiger partial charge in [0, 0.05) is 24.2 Å². The lowest BCUT2D eigenvalue weighted by molar-refractivity contribution is 0.102. The Morgan fingerprint density at radius 1 is 0.975 bits per heavy atom. The molecule has 1 N–H and O–H groups in total. The summed E-state index contributed by atoms with van der Waals surface area (Å²) in [6.45, 7) is 8.61. The number of para-hydroxylation sites is 1. The van der Waals surface area contributed by atoms with Crippen LogP contribution in [0.2, 0.25) is 0 Å². The highest BCUT2D eigenvalue weighted by Crippen LogP contribution is 2.31. The number of aromatic nitrogens is 4. The Balaban J connectivity index is 1.40. The Morgan fingerprint density at radius 3 is 2.40 bits per heavy atom. The van der Waals surface area contributed by atoms with Crippen molar-refractivity contribution in [2.45, 2.75) is 34.2 Å². The molecular formula is C31H31N5O4. The fourth-order valence-electron chi connectivity index (χ4n) is 4.51. The van der Waals surface area contributed by atoms with Crippen molar-refractivity contribution in [2.75, 3.05) is 12.4 Å². The molecule has 40 heavy (non-hydrogen) atoms. The second kappa shape index (κ2) is 10.7. The van der Waals surface area contributed by atoms with Gasteiger partial charge in [-0.3, -0.25) is 19.3 Å². The number of fused-ring (bicyclic) bond motifs is 1. The van der Waals surface area contributed by atoms with Crippen LogP contribution in [0.5, 0.6) is 17.2 Å². The maximum absolute atomic E-state index is 13.6. The minimum atomic E-state index is -0.518. The van der Waals surface area contributed by atoms with Gasteiger partial charge in [0.1, 0.15) is 28.6 Å². The molecule has 0 unspecified atom stereocenters. The molecule has 0 fully saturated rings. The number of carbonyl (C=O) groups excluding carboxylic acids is 1. The number of hydrogen-bond donors (Lipinski definition) is 1. The van der Waals surface area contributed by atoms with E-state index < -0.39 is 5.91 Å². The van der Waals surface area contributed by atoms with Crippen LogP contribution in [0.1, 0.15) is 36.8 Å². The number of carbonyl (C=O) groups is 1. The van der Waals surface area contributed by atoms with E-state index in [9.17, 15) is 9.59 Å². The van der Waals surface area contributed by atoms with Crippen molar-refractivity contribution in [3.05, 3.63) is 101 Å². The molecule has 0 radical (unpaired) electrons. The number of rotatable bonds is 7. The summed E-state index contributed by atoms with van der Waals surface area (Å²) >= 11 is 0. The molecule has 9 heteroatoms. The number of methoxy groups -OCH3 is 1. The number of nitrogens with zero attached hydrogens (tertiary/aromatic N) is 4. The molecule has 5 aromatic rings. The van der Waals surface area contributed by atoms with Crippen molar-refractivity contribution in [3.63, 3.8) is 0 Å². The van der Waals surface area contributed by atoms with Crippen LogP contribution in [0, 0.1) is 12.3 Å². The topological polar surface area (TPSA) is 100 Å². The Bertz CT molecular complexity index is 1730. The molecular weight excluding hydrogens is 506 g/mol. The predicted octanol–water partition coefficient (Wildman–Crippen LogP) is 5.99. The van der Waals surface area contributed by atoms with Gasteiger partial charge in [-0.1, -0.05) is 39.0 Å². The zero-order valence-electron chi connectivity index (χ0n) is 23.1. The molecule has 0 atom stereocenters. The molecule has 204 valence electrons. The Labute approximate surface area is 232 Å². The molecule has 9 nitrogen and oxygen atoms in total. The Morgan fingerprint density at radius 2 is 1.73 bits per heavy atom. The molecule has 5 rings (SSSR count). The second-order valence-electron chi connectivity index (χ2n) is 10.7. The molecule has 0 aliphatic carbocycles. The molecule has 0 aliphatic rings. The number of pyridine rings is 2. The minimum Gasteiger partial charge on any atom is -0.497 e. The summed E-state index contributed by atoms with van der Waals surface area (Å²) in [5, 5.41) is 3.60. The van der Waals surface area contributed by atoms with E-state index in [0.717, 1.165) is 10.9 Å². The molecule has 0 aliphatic heterocycles. The number of ether oxygens (including phenoxy) is 2. The molecule has 1 amide bonds. The summed E-state index contributed by atoms with van der Waals surface area (Å²) in [5.74, 6) is 1.59. The fraction of sp³-hybridized carbons (Fsp3) is 0.226. The van der Waals surface area contributed by atoms with Crippen LogP contribution in [-0.4, -0.2) is 32.3 Å². The van der Waals surface area contributed by atoms with Crippen LogP contribution in [0.15, 0.2) is 83.9 Å². The normalized spacial score (nSPS) is 11.4. The Hall–Kier alpha value is -4.92. The van der Waals surface area contributed by atoms with Gasteiger partial charge < -0.3 is 14.8 Å². The highest BCUT2D eigenvalue weighted by Gasteiger charge is 2.26. The summed E-state index contributed by atoms with van der Waals surface area (Å²) in [7, 11) is 1.61. The maximum Gasteiger partial charge on any atom is 0.284 e. The van der Waals surface area contributed by atoms with Crippen molar-refractivity contribution in [3.8, 4) is 22.9 Å². The molecule has 3 aromatic heterocycles.